The summed E-state index contributed by atoms with van der Waals surface area (Å²) in [5.41, 5.74) is 4.64. The first-order chi connectivity index (χ1) is 6.06. The Bertz CT molecular complexity index is 342. The second kappa shape index (κ2) is 3.97. The third kappa shape index (κ3) is 2.13. The largest absolute Gasteiger partial charge is 0.246 e. The molecule has 1 heterocycles. The molecule has 0 amide bonds. The van der Waals surface area contributed by atoms with Crippen LogP contribution in [0.4, 0.5) is 0 Å². The Morgan fingerprint density at radius 3 is 2.54 bits per heavy atom. The molecule has 0 aliphatic heterocycles. The molecule has 13 heavy (non-hydrogen) atoms. The Morgan fingerprint density at radius 1 is 1.46 bits per heavy atom. The second-order valence-electron chi connectivity index (χ2n) is 3.25. The number of rotatable bonds is 2. The van der Waals surface area contributed by atoms with Crippen molar-refractivity contribution in [2.45, 2.75) is 25.8 Å². The van der Waals surface area contributed by atoms with E-state index in [9.17, 15) is 0 Å². The van der Waals surface area contributed by atoms with Gasteiger partial charge in [-0.05, 0) is 44.2 Å². The smallest absolute Gasteiger partial charge is 0.104 e. The van der Waals surface area contributed by atoms with Gasteiger partial charge >= 0.3 is 0 Å². The van der Waals surface area contributed by atoms with Crippen molar-refractivity contribution >= 4 is 17.3 Å². The fourth-order valence-corrected chi connectivity index (χ4v) is 2.24. The number of aromatic nitrogens is 1. The van der Waals surface area contributed by atoms with Crippen molar-refractivity contribution in [1.82, 2.24) is 4.98 Å². The standard InChI is InChI=1S/C11H15NS/c1-7(2)10-8(3)6-9(4)12-11(10)13-5/h6H,1H2,2-5H3. The molecule has 0 atom stereocenters. The summed E-state index contributed by atoms with van der Waals surface area (Å²) in [6.07, 6.45) is 2.05. The zero-order valence-electron chi connectivity index (χ0n) is 8.64. The van der Waals surface area contributed by atoms with Crippen LogP contribution in [0.5, 0.6) is 0 Å². The molecule has 0 spiro atoms. The molecule has 0 unspecified atom stereocenters. The van der Waals surface area contributed by atoms with Gasteiger partial charge in [0.2, 0.25) is 0 Å². The van der Waals surface area contributed by atoms with Crippen LogP contribution in [0.2, 0.25) is 0 Å². The molecule has 0 saturated heterocycles. The van der Waals surface area contributed by atoms with Gasteiger partial charge in [-0.2, -0.15) is 0 Å². The lowest BCUT2D eigenvalue weighted by molar-refractivity contribution is 1.03. The molecule has 0 bridgehead atoms. The molecule has 0 aliphatic carbocycles. The average molecular weight is 193 g/mol. The highest BCUT2D eigenvalue weighted by molar-refractivity contribution is 7.98. The van der Waals surface area contributed by atoms with Crippen molar-refractivity contribution in [3.8, 4) is 0 Å². The van der Waals surface area contributed by atoms with Gasteiger partial charge in [-0.3, -0.25) is 0 Å². The number of aryl methyl sites for hydroxylation is 2. The lowest BCUT2D eigenvalue weighted by Crippen LogP contribution is -1.95. The van der Waals surface area contributed by atoms with E-state index in [1.54, 1.807) is 11.8 Å². The van der Waals surface area contributed by atoms with E-state index in [4.69, 9.17) is 0 Å². The summed E-state index contributed by atoms with van der Waals surface area (Å²) >= 11 is 1.68. The predicted molar refractivity (Wildman–Crippen MR) is 60.2 cm³/mol. The maximum atomic E-state index is 4.48. The number of nitrogens with zero attached hydrogens (tertiary/aromatic N) is 1. The Labute approximate surface area is 84.3 Å². The van der Waals surface area contributed by atoms with E-state index in [0.717, 1.165) is 16.3 Å². The SMILES string of the molecule is C=C(C)c1c(C)cc(C)nc1SC. The summed E-state index contributed by atoms with van der Waals surface area (Å²) in [7, 11) is 0. The van der Waals surface area contributed by atoms with E-state index in [-0.39, 0.29) is 0 Å². The topological polar surface area (TPSA) is 12.9 Å². The molecule has 0 aromatic carbocycles. The molecule has 1 rings (SSSR count). The van der Waals surface area contributed by atoms with Crippen LogP contribution in [0.15, 0.2) is 17.7 Å². The number of hydrogen-bond donors (Lipinski definition) is 0. The minimum absolute atomic E-state index is 1.08. The first kappa shape index (κ1) is 10.3. The normalized spacial score (nSPS) is 10.2. The first-order valence-corrected chi connectivity index (χ1v) is 5.47. The molecule has 0 radical (unpaired) electrons. The van der Waals surface area contributed by atoms with Crippen molar-refractivity contribution in [3.05, 3.63) is 29.5 Å². The highest BCUT2D eigenvalue weighted by Gasteiger charge is 2.07. The molecule has 0 fully saturated rings. The second-order valence-corrected chi connectivity index (χ2v) is 4.04. The fraction of sp³-hybridized carbons (Fsp3) is 0.364. The van der Waals surface area contributed by atoms with E-state index in [0.29, 0.717) is 0 Å². The number of hydrogen-bond acceptors (Lipinski definition) is 2. The van der Waals surface area contributed by atoms with Crippen LogP contribution < -0.4 is 0 Å². The van der Waals surface area contributed by atoms with Crippen LogP contribution in [0.1, 0.15) is 23.7 Å². The van der Waals surface area contributed by atoms with Crippen molar-refractivity contribution in [3.63, 3.8) is 0 Å². The summed E-state index contributed by atoms with van der Waals surface area (Å²) in [6, 6.07) is 2.10. The minimum atomic E-state index is 1.08. The highest BCUT2D eigenvalue weighted by Crippen LogP contribution is 2.27. The van der Waals surface area contributed by atoms with Gasteiger partial charge in [0.15, 0.2) is 0 Å². The predicted octanol–water partition coefficient (Wildman–Crippen LogP) is 3.45. The Balaban J connectivity index is 3.38. The molecular weight excluding hydrogens is 178 g/mol. The van der Waals surface area contributed by atoms with Crippen molar-refractivity contribution in [2.24, 2.45) is 0 Å². The third-order valence-electron chi connectivity index (χ3n) is 1.93. The summed E-state index contributed by atoms with van der Waals surface area (Å²) in [5.74, 6) is 0. The van der Waals surface area contributed by atoms with Gasteiger partial charge in [0, 0.05) is 11.3 Å². The van der Waals surface area contributed by atoms with Gasteiger partial charge in [-0.15, -0.1) is 11.8 Å². The lowest BCUT2D eigenvalue weighted by Gasteiger charge is -2.10. The van der Waals surface area contributed by atoms with E-state index in [2.05, 4.69) is 24.6 Å². The number of pyridine rings is 1. The number of allylic oxidation sites excluding steroid dienone is 1. The maximum absolute atomic E-state index is 4.48. The molecule has 1 nitrogen and oxygen atoms in total. The molecule has 1 aromatic heterocycles. The molecule has 0 aliphatic rings. The zero-order chi connectivity index (χ0) is 10.0. The van der Waals surface area contributed by atoms with Crippen molar-refractivity contribution < 1.29 is 0 Å². The zero-order valence-corrected chi connectivity index (χ0v) is 9.46. The third-order valence-corrected chi connectivity index (χ3v) is 2.61. The molecule has 1 aromatic rings. The van der Waals surface area contributed by atoms with Crippen LogP contribution in [0.3, 0.4) is 0 Å². The van der Waals surface area contributed by atoms with E-state index in [1.807, 2.05) is 20.1 Å². The minimum Gasteiger partial charge on any atom is -0.246 e. The number of thioether (sulfide) groups is 1. The Morgan fingerprint density at radius 2 is 2.08 bits per heavy atom. The Kier molecular flexibility index (Phi) is 3.15. The fourth-order valence-electron chi connectivity index (χ4n) is 1.47. The van der Waals surface area contributed by atoms with Crippen LogP contribution >= 0.6 is 11.8 Å². The van der Waals surface area contributed by atoms with Gasteiger partial charge in [-0.1, -0.05) is 6.58 Å². The summed E-state index contributed by atoms with van der Waals surface area (Å²) in [5, 5.41) is 1.09. The van der Waals surface area contributed by atoms with E-state index in [1.165, 1.54) is 11.1 Å². The van der Waals surface area contributed by atoms with Gasteiger partial charge in [-0.25, -0.2) is 4.98 Å². The van der Waals surface area contributed by atoms with Crippen molar-refractivity contribution in [2.75, 3.05) is 6.26 Å². The molecule has 0 saturated carbocycles. The van der Waals surface area contributed by atoms with Gasteiger partial charge < -0.3 is 0 Å². The molecule has 2 heteroatoms. The summed E-state index contributed by atoms with van der Waals surface area (Å²) in [6.45, 7) is 10.1. The summed E-state index contributed by atoms with van der Waals surface area (Å²) < 4.78 is 0. The van der Waals surface area contributed by atoms with Crippen LogP contribution in [-0.4, -0.2) is 11.2 Å². The maximum Gasteiger partial charge on any atom is 0.104 e. The molecular formula is C11H15NS. The monoisotopic (exact) mass is 193 g/mol. The van der Waals surface area contributed by atoms with Crippen LogP contribution in [-0.2, 0) is 0 Å². The molecule has 70 valence electrons. The van der Waals surface area contributed by atoms with Crippen LogP contribution in [0, 0.1) is 13.8 Å². The van der Waals surface area contributed by atoms with Gasteiger partial charge in [0.25, 0.3) is 0 Å². The van der Waals surface area contributed by atoms with E-state index >= 15 is 0 Å². The Hall–Kier alpha value is -0.760. The van der Waals surface area contributed by atoms with Crippen molar-refractivity contribution in [1.29, 1.82) is 0 Å². The molecule has 0 N–H and O–H groups in total. The van der Waals surface area contributed by atoms with Gasteiger partial charge in [0.1, 0.15) is 5.03 Å². The first-order valence-electron chi connectivity index (χ1n) is 4.24. The highest BCUT2D eigenvalue weighted by atomic mass is 32.2. The lowest BCUT2D eigenvalue weighted by atomic mass is 10.1. The summed E-state index contributed by atoms with van der Waals surface area (Å²) in [4.78, 5) is 4.48. The average Bonchev–Trinajstić information content (AvgIpc) is 2.01. The van der Waals surface area contributed by atoms with Gasteiger partial charge in [0.05, 0.1) is 0 Å². The van der Waals surface area contributed by atoms with E-state index < -0.39 is 0 Å². The quantitative estimate of drug-likeness (QED) is 0.667. The van der Waals surface area contributed by atoms with Crippen LogP contribution in [0.25, 0.3) is 5.57 Å².